The van der Waals surface area contributed by atoms with Gasteiger partial charge in [-0.1, -0.05) is 127 Å². The van der Waals surface area contributed by atoms with E-state index in [1.165, 1.54) is 12.8 Å². The summed E-state index contributed by atoms with van der Waals surface area (Å²) < 4.78 is 0. The number of nitrogens with one attached hydrogen (secondary N) is 15. The van der Waals surface area contributed by atoms with E-state index in [-0.39, 0.29) is 89.9 Å². The standard InChI is InChI=1S/C80H127N21O18/c1-4-6-8-9-10-11-12-13-17-30-66(107)90-44-67(108)91-63(46-102)76(116)94-58(33-34-65(83)106)72(112)98-62(39-50(82)41-81)75(115)100-68(47(3)103)78(118)95-56(26-7-5-2)70(110)96-59-32-31-51(104)43-87-35-21-20-28-55(69(84)109)92-74(114)61(38-49-42-89-54-27-19-18-25-53(49)54)97-71(111)57(29-22-36-88-80(85)86)93-73(113)60(37-48-23-15-14-16-24-48)99-77(117)64-40-52(105)45-101(64)79(59)119/h14-16,18-19,23-25,27,42,47,50,52,55-64,68,87,89,102-103,105H,4-13,17,20-22,26,28-41,43-46,81-82H2,1-3H3,(H2,83,106)(H2,84,109)(H,90,107)(H,91,108)(H,92,114)(H,93,113)(H,94,116)(H,95,118)(H,96,110)(H,97,111)(H,98,112)(H,99,117)(H,100,115)(H4,85,86,88)/t47?,50?,52-,55+,56+,57+,58-,59+,60-,61+,62+,63+,64+,68+/m1/s1. The number of guanidine groups is 1. The topological polar surface area (TPSA) is 646 Å². The summed E-state index contributed by atoms with van der Waals surface area (Å²) in [4.78, 5) is 215. The third kappa shape index (κ3) is 35.4. The van der Waals surface area contributed by atoms with Crippen molar-refractivity contribution in [3.63, 3.8) is 0 Å². The van der Waals surface area contributed by atoms with Gasteiger partial charge in [-0.2, -0.15) is 0 Å². The van der Waals surface area contributed by atoms with Gasteiger partial charge in [0.1, 0.15) is 72.2 Å². The Kier molecular flexibility index (Phi) is 44.0. The first-order valence-corrected chi connectivity index (χ1v) is 41.4. The minimum Gasteiger partial charge on any atom is -0.394 e. The van der Waals surface area contributed by atoms with E-state index in [2.05, 4.69) is 81.0 Å². The Morgan fingerprint density at radius 3 is 1.90 bits per heavy atom. The molecular formula is C80H127N21O18. The van der Waals surface area contributed by atoms with Crippen LogP contribution in [0.3, 0.4) is 0 Å². The number of nitrogens with two attached hydrogens (primary N) is 5. The van der Waals surface area contributed by atoms with Crippen molar-refractivity contribution in [1.29, 1.82) is 5.41 Å². The number of carbonyl (C=O) groups is 15. The number of Topliss-reactive ketones (excluding diaryl/α,β-unsaturated/α-hetero) is 1. The minimum absolute atomic E-state index is 0.0198. The third-order valence-corrected chi connectivity index (χ3v) is 20.7. The molecule has 0 aliphatic carbocycles. The fraction of sp³-hybridized carbons (Fsp3) is 0.625. The molecule has 5 rings (SSSR count). The number of aromatic nitrogens is 1. The van der Waals surface area contributed by atoms with Gasteiger partial charge in [-0.05, 0) is 94.9 Å². The Labute approximate surface area is 693 Å². The molecule has 2 saturated heterocycles. The van der Waals surface area contributed by atoms with E-state index in [0.29, 0.717) is 30.4 Å². The number of hydrogen-bond acceptors (Lipinski definition) is 22. The molecule has 3 aromatic rings. The van der Waals surface area contributed by atoms with E-state index in [0.717, 1.165) is 61.3 Å². The second-order valence-corrected chi connectivity index (χ2v) is 30.5. The van der Waals surface area contributed by atoms with Crippen LogP contribution in [-0.2, 0) is 84.8 Å². The van der Waals surface area contributed by atoms with Crippen molar-refractivity contribution in [2.75, 3.05) is 45.9 Å². The second-order valence-electron chi connectivity index (χ2n) is 30.5. The monoisotopic (exact) mass is 1670 g/mol. The summed E-state index contributed by atoms with van der Waals surface area (Å²) in [6.45, 7) is 2.66. The van der Waals surface area contributed by atoms with Gasteiger partial charge in [-0.15, -0.1) is 0 Å². The van der Waals surface area contributed by atoms with Crippen LogP contribution in [0.5, 0.6) is 0 Å². The van der Waals surface area contributed by atoms with Crippen molar-refractivity contribution in [2.24, 2.45) is 28.7 Å². The summed E-state index contributed by atoms with van der Waals surface area (Å²) in [5.41, 5.74) is 30.8. The number of rotatable bonds is 43. The second kappa shape index (κ2) is 52.9. The number of amides is 14. The highest BCUT2D eigenvalue weighted by Gasteiger charge is 2.44. The third-order valence-electron chi connectivity index (χ3n) is 20.7. The Hall–Kier alpha value is -10.7. The summed E-state index contributed by atoms with van der Waals surface area (Å²) in [6.07, 6.45) is 5.97. The number of aromatic amines is 1. The molecule has 14 atom stereocenters. The van der Waals surface area contributed by atoms with Crippen molar-refractivity contribution < 1.29 is 87.2 Å². The number of H-pyrrole nitrogens is 1. The largest absolute Gasteiger partial charge is 0.394 e. The fourth-order valence-corrected chi connectivity index (χ4v) is 13.8. The number of fused-ring (bicyclic) bond motifs is 2. The first-order chi connectivity index (χ1) is 56.9. The van der Waals surface area contributed by atoms with Crippen molar-refractivity contribution in [3.05, 3.63) is 71.9 Å². The lowest BCUT2D eigenvalue weighted by molar-refractivity contribution is -0.143. The fourth-order valence-electron chi connectivity index (χ4n) is 13.8. The number of ketones is 1. The van der Waals surface area contributed by atoms with Crippen LogP contribution >= 0.6 is 0 Å². The molecule has 0 saturated carbocycles. The summed E-state index contributed by atoms with van der Waals surface area (Å²) in [7, 11) is 0. The van der Waals surface area contributed by atoms with Gasteiger partial charge in [0, 0.05) is 81.3 Å². The number of nitrogens with zero attached hydrogens (tertiary/aromatic N) is 1. The minimum atomic E-state index is -1.94. The molecule has 0 spiro atoms. The van der Waals surface area contributed by atoms with Crippen molar-refractivity contribution in [2.45, 2.75) is 272 Å². The van der Waals surface area contributed by atoms with Crippen LogP contribution in [0.4, 0.5) is 0 Å². The van der Waals surface area contributed by atoms with Gasteiger partial charge in [0.15, 0.2) is 5.96 Å². The number of benzene rings is 2. The number of aliphatic hydroxyl groups excluding tert-OH is 3. The maximum Gasteiger partial charge on any atom is 0.245 e. The molecule has 119 heavy (non-hydrogen) atoms. The zero-order chi connectivity index (χ0) is 87.5. The van der Waals surface area contributed by atoms with Gasteiger partial charge in [-0.3, -0.25) is 77.3 Å². The van der Waals surface area contributed by atoms with Crippen molar-refractivity contribution in [1.82, 2.24) is 79.0 Å². The number of hydrogen-bond donors (Lipinski definition) is 23. The highest BCUT2D eigenvalue weighted by atomic mass is 16.3. The van der Waals surface area contributed by atoms with Gasteiger partial charge in [0.05, 0.1) is 31.9 Å². The molecule has 3 heterocycles. The van der Waals surface area contributed by atoms with E-state index >= 15 is 14.4 Å². The van der Waals surface area contributed by atoms with Crippen LogP contribution in [-0.4, -0.2) is 250 Å². The van der Waals surface area contributed by atoms with Crippen LogP contribution in [0.15, 0.2) is 60.8 Å². The molecule has 14 amide bonds. The first kappa shape index (κ1) is 98.8. The normalized spacial score (nSPS) is 20.5. The Morgan fingerprint density at radius 2 is 1.24 bits per heavy atom. The maximum atomic E-state index is 15.3. The predicted molar refractivity (Wildman–Crippen MR) is 440 cm³/mol. The van der Waals surface area contributed by atoms with Gasteiger partial charge in [0.25, 0.3) is 0 Å². The smallest absolute Gasteiger partial charge is 0.245 e. The average molecular weight is 1670 g/mol. The molecule has 660 valence electrons. The van der Waals surface area contributed by atoms with Gasteiger partial charge in [0.2, 0.25) is 82.7 Å². The molecule has 39 nitrogen and oxygen atoms in total. The summed E-state index contributed by atoms with van der Waals surface area (Å²) in [5.74, 6) is -14.1. The molecule has 2 fully saturated rings. The summed E-state index contributed by atoms with van der Waals surface area (Å²) in [6, 6.07) is -2.99. The molecule has 2 aliphatic rings. The zero-order valence-electron chi connectivity index (χ0n) is 68.5. The summed E-state index contributed by atoms with van der Waals surface area (Å²) in [5, 5.41) is 74.9. The van der Waals surface area contributed by atoms with Crippen LogP contribution in [0, 0.1) is 5.41 Å². The van der Waals surface area contributed by atoms with E-state index in [4.69, 9.17) is 34.1 Å². The average Bonchev–Trinajstić information content (AvgIpc) is 1.68. The lowest BCUT2D eigenvalue weighted by Crippen LogP contribution is -2.62. The molecule has 2 aromatic carbocycles. The van der Waals surface area contributed by atoms with Crippen molar-refractivity contribution in [3.8, 4) is 0 Å². The SMILES string of the molecule is CCCCCCCCCCCC(=O)NCC(=O)N[C@@H](CO)C(=O)N[C@H](CCC(N)=O)C(=O)N[C@@H](CC(N)CN)C(=O)N[C@H](C(=O)N[C@@H](CCCC)C(=O)N[C@H]1CCC(=O)CNCCCC[C@@H](C(N)=O)NC(=O)[C@H](Cc2c[nH]c3ccccc23)NC(=O)[C@H](CCCNC(=N)N)NC(=O)[C@@H](Cc2ccccc2)NC(=O)[C@@H]2C[C@@H](O)CN2C1=O)C(C)O. The van der Waals surface area contributed by atoms with Crippen LogP contribution in [0.2, 0.25) is 0 Å². The highest BCUT2D eigenvalue weighted by molar-refractivity contribution is 6.01. The molecule has 2 unspecified atom stereocenters. The molecule has 2 aliphatic heterocycles. The van der Waals surface area contributed by atoms with E-state index in [1.807, 2.05) is 12.1 Å². The maximum absolute atomic E-state index is 15.3. The predicted octanol–water partition coefficient (Wildman–Crippen LogP) is -3.82. The lowest BCUT2D eigenvalue weighted by Gasteiger charge is -2.31. The molecule has 39 heteroatoms. The van der Waals surface area contributed by atoms with Gasteiger partial charge >= 0.3 is 0 Å². The number of carbonyl (C=O) groups excluding carboxylic acids is 15. The van der Waals surface area contributed by atoms with Crippen molar-refractivity contribution >= 4 is 105 Å². The lowest BCUT2D eigenvalue weighted by atomic mass is 10.0. The highest BCUT2D eigenvalue weighted by Crippen LogP contribution is 2.24. The number of aliphatic hydroxyl groups is 3. The van der Waals surface area contributed by atoms with E-state index < -0.39 is 231 Å². The first-order valence-electron chi connectivity index (χ1n) is 41.4. The molecular weight excluding hydrogens is 1540 g/mol. The molecule has 0 bridgehead atoms. The van der Waals surface area contributed by atoms with E-state index in [9.17, 15) is 72.9 Å². The number of unbranched alkanes of at least 4 members (excludes halogenated alkanes) is 9. The Morgan fingerprint density at radius 1 is 0.630 bits per heavy atom. The molecule has 0 radical (unpaired) electrons. The van der Waals surface area contributed by atoms with Gasteiger partial charge < -0.3 is 123 Å². The van der Waals surface area contributed by atoms with Crippen LogP contribution in [0.1, 0.15) is 186 Å². The number of para-hydroxylation sites is 1. The Bertz CT molecular complexity index is 3850. The van der Waals surface area contributed by atoms with Crippen LogP contribution < -0.4 is 97.8 Å². The Balaban J connectivity index is 1.41. The van der Waals surface area contributed by atoms with Gasteiger partial charge in [-0.25, -0.2) is 0 Å². The zero-order valence-corrected chi connectivity index (χ0v) is 68.5. The van der Waals surface area contributed by atoms with Crippen LogP contribution in [0.25, 0.3) is 10.9 Å². The molecule has 28 N–H and O–H groups in total. The van der Waals surface area contributed by atoms with E-state index in [1.54, 1.807) is 55.6 Å². The summed E-state index contributed by atoms with van der Waals surface area (Å²) >= 11 is 0. The quantitative estimate of drug-likeness (QED) is 0.0147. The number of primary amides is 2. The molecule has 1 aromatic heterocycles.